The van der Waals surface area contributed by atoms with Crippen molar-refractivity contribution in [2.24, 2.45) is 0 Å². The Balaban J connectivity index is 1.09. The van der Waals surface area contributed by atoms with Crippen LogP contribution in [-0.4, -0.2) is 43.3 Å². The predicted octanol–water partition coefficient (Wildman–Crippen LogP) is 7.34. The molecule has 6 rings (SSSR count). The van der Waals surface area contributed by atoms with Crippen LogP contribution in [0.3, 0.4) is 0 Å². The van der Waals surface area contributed by atoms with Crippen molar-refractivity contribution in [2.75, 3.05) is 22.1 Å². The Labute approximate surface area is 258 Å². The van der Waals surface area contributed by atoms with Gasteiger partial charge in [0.1, 0.15) is 10.1 Å². The second-order valence-electron chi connectivity index (χ2n) is 8.80. The Hall–Kier alpha value is -4.10. The zero-order chi connectivity index (χ0) is 28.7. The highest BCUT2D eigenvalue weighted by molar-refractivity contribution is 8.02. The fraction of sp³-hybridized carbons (Fsp3) is 0.0667. The number of nitrogens with one attached hydrogen (secondary N) is 2. The fourth-order valence-electron chi connectivity index (χ4n) is 3.88. The van der Waals surface area contributed by atoms with Crippen molar-refractivity contribution in [1.82, 2.24) is 19.9 Å². The van der Waals surface area contributed by atoms with Gasteiger partial charge in [-0.05, 0) is 12.1 Å². The number of carbonyl (C=O) groups excluding carboxylic acids is 2. The van der Waals surface area contributed by atoms with Crippen LogP contribution in [0.15, 0.2) is 106 Å². The molecule has 0 bridgehead atoms. The van der Waals surface area contributed by atoms with E-state index in [9.17, 15) is 9.59 Å². The minimum atomic E-state index is -0.199. The van der Waals surface area contributed by atoms with E-state index in [0.717, 1.165) is 33.5 Å². The number of anilines is 2. The van der Waals surface area contributed by atoms with Crippen LogP contribution in [0.25, 0.3) is 33.5 Å². The van der Waals surface area contributed by atoms with Gasteiger partial charge in [-0.3, -0.25) is 9.59 Å². The van der Waals surface area contributed by atoms with Gasteiger partial charge in [0.25, 0.3) is 0 Å². The molecular weight excluding hydrogens is 605 g/mol. The topological polar surface area (TPSA) is 110 Å². The Morgan fingerprint density at radius 1 is 0.571 bits per heavy atom. The maximum Gasteiger partial charge on any atom is 0.236 e. The lowest BCUT2D eigenvalue weighted by Gasteiger charge is -2.09. The minimum absolute atomic E-state index is 0.119. The summed E-state index contributed by atoms with van der Waals surface area (Å²) in [7, 11) is 0. The minimum Gasteiger partial charge on any atom is -0.301 e. The number of rotatable bonds is 10. The number of carbonyl (C=O) groups is 2. The summed E-state index contributed by atoms with van der Waals surface area (Å²) in [5.74, 6) is -0.158. The first-order valence-corrected chi connectivity index (χ1v) is 16.5. The molecule has 6 aromatic rings. The highest BCUT2D eigenvalue weighted by Gasteiger charge is 2.16. The van der Waals surface area contributed by atoms with E-state index in [2.05, 4.69) is 20.6 Å². The van der Waals surface area contributed by atoms with Crippen LogP contribution in [0.2, 0.25) is 0 Å². The predicted molar refractivity (Wildman–Crippen MR) is 173 cm³/mol. The zero-order valence-electron chi connectivity index (χ0n) is 21.9. The quantitative estimate of drug-likeness (QED) is 0.152. The van der Waals surface area contributed by atoms with Gasteiger partial charge in [-0.25, -0.2) is 19.9 Å². The normalized spacial score (nSPS) is 11.0. The van der Waals surface area contributed by atoms with Crippen LogP contribution in [0.4, 0.5) is 10.3 Å². The van der Waals surface area contributed by atoms with Crippen molar-refractivity contribution in [1.29, 1.82) is 0 Å². The van der Waals surface area contributed by atoms with Gasteiger partial charge in [-0.2, -0.15) is 0 Å². The molecule has 0 saturated carbocycles. The van der Waals surface area contributed by atoms with E-state index in [-0.39, 0.29) is 23.3 Å². The summed E-state index contributed by atoms with van der Waals surface area (Å²) < 4.78 is 0. The molecule has 0 fully saturated rings. The molecule has 0 radical (unpaired) electrons. The van der Waals surface area contributed by atoms with Gasteiger partial charge < -0.3 is 10.6 Å². The van der Waals surface area contributed by atoms with Crippen molar-refractivity contribution < 1.29 is 9.59 Å². The highest BCUT2D eigenvalue weighted by Crippen LogP contribution is 2.31. The van der Waals surface area contributed by atoms with Gasteiger partial charge in [0, 0.05) is 21.9 Å². The smallest absolute Gasteiger partial charge is 0.236 e. The van der Waals surface area contributed by atoms with Crippen LogP contribution >= 0.6 is 46.2 Å². The van der Waals surface area contributed by atoms with E-state index < -0.39 is 0 Å². The Bertz CT molecular complexity index is 1710. The van der Waals surface area contributed by atoms with Gasteiger partial charge in [-0.1, -0.05) is 96.3 Å². The first-order valence-electron chi connectivity index (χ1n) is 12.7. The molecule has 208 valence electrons. The molecule has 0 saturated heterocycles. The summed E-state index contributed by atoms with van der Waals surface area (Å²) in [6.07, 6.45) is 0. The molecule has 0 aliphatic carbocycles. The van der Waals surface area contributed by atoms with Crippen LogP contribution in [0, 0.1) is 0 Å². The third kappa shape index (κ3) is 7.02. The molecule has 0 spiro atoms. The number of thiazole rings is 2. The molecule has 0 atom stereocenters. The first kappa shape index (κ1) is 28.0. The van der Waals surface area contributed by atoms with Crippen molar-refractivity contribution in [3.8, 4) is 22.5 Å². The number of hydrogen-bond donors (Lipinski definition) is 2. The third-order valence-corrected chi connectivity index (χ3v) is 9.40. The summed E-state index contributed by atoms with van der Waals surface area (Å²) in [5.41, 5.74) is 5.06. The molecule has 42 heavy (non-hydrogen) atoms. The van der Waals surface area contributed by atoms with Crippen LogP contribution in [0.1, 0.15) is 0 Å². The molecule has 2 amide bonds. The summed E-state index contributed by atoms with van der Waals surface area (Å²) in [4.78, 5) is 44.1. The van der Waals surface area contributed by atoms with Crippen molar-refractivity contribution in [3.05, 3.63) is 95.7 Å². The number of benzene rings is 3. The second kappa shape index (κ2) is 13.3. The van der Waals surface area contributed by atoms with E-state index >= 15 is 0 Å². The molecule has 3 aromatic heterocycles. The molecule has 0 unspecified atom stereocenters. The zero-order valence-corrected chi connectivity index (χ0v) is 25.2. The van der Waals surface area contributed by atoms with Gasteiger partial charge in [-0.15, -0.1) is 22.7 Å². The lowest BCUT2D eigenvalue weighted by molar-refractivity contribution is -0.114. The van der Waals surface area contributed by atoms with Crippen molar-refractivity contribution >= 4 is 79.3 Å². The average Bonchev–Trinajstić information content (AvgIpc) is 3.69. The van der Waals surface area contributed by atoms with Gasteiger partial charge in [0.2, 0.25) is 11.8 Å². The summed E-state index contributed by atoms with van der Waals surface area (Å²) in [6, 6.07) is 27.2. The Morgan fingerprint density at radius 2 is 0.976 bits per heavy atom. The van der Waals surface area contributed by atoms with E-state index in [1.165, 1.54) is 46.2 Å². The number of hydrogen-bond acceptors (Lipinski definition) is 10. The SMILES string of the molecule is O=C(CSc1nc2ccccc2nc1SCC(=O)Nc1nc(-c2ccccc2)cs1)Nc1nc(-c2ccccc2)cs1. The molecule has 3 heterocycles. The summed E-state index contributed by atoms with van der Waals surface area (Å²) in [6.45, 7) is 0. The molecule has 2 N–H and O–H groups in total. The van der Waals surface area contributed by atoms with Crippen molar-refractivity contribution in [2.45, 2.75) is 10.1 Å². The number of amides is 2. The van der Waals surface area contributed by atoms with Gasteiger partial charge in [0.15, 0.2) is 10.3 Å². The Morgan fingerprint density at radius 3 is 1.40 bits per heavy atom. The molecule has 0 aliphatic heterocycles. The monoisotopic (exact) mass is 626 g/mol. The largest absolute Gasteiger partial charge is 0.301 e. The van der Waals surface area contributed by atoms with Gasteiger partial charge >= 0.3 is 0 Å². The van der Waals surface area contributed by atoms with E-state index in [0.29, 0.717) is 20.3 Å². The third-order valence-electron chi connectivity index (χ3n) is 5.83. The maximum atomic E-state index is 12.8. The number of thioether (sulfide) groups is 2. The van der Waals surface area contributed by atoms with Crippen LogP contribution in [-0.2, 0) is 9.59 Å². The first-order chi connectivity index (χ1) is 20.6. The number of aromatic nitrogens is 4. The Kier molecular flexibility index (Phi) is 8.85. The van der Waals surface area contributed by atoms with Gasteiger partial charge in [0.05, 0.1) is 33.9 Å². The van der Waals surface area contributed by atoms with Crippen LogP contribution < -0.4 is 10.6 Å². The number of para-hydroxylation sites is 2. The second-order valence-corrected chi connectivity index (χ2v) is 12.4. The summed E-state index contributed by atoms with van der Waals surface area (Å²) in [5, 5.41) is 11.8. The maximum absolute atomic E-state index is 12.8. The highest BCUT2D eigenvalue weighted by atomic mass is 32.2. The van der Waals surface area contributed by atoms with Crippen LogP contribution in [0.5, 0.6) is 0 Å². The van der Waals surface area contributed by atoms with Crippen molar-refractivity contribution in [3.63, 3.8) is 0 Å². The molecule has 3 aromatic carbocycles. The summed E-state index contributed by atoms with van der Waals surface area (Å²) >= 11 is 5.31. The van der Waals surface area contributed by atoms with E-state index in [4.69, 9.17) is 9.97 Å². The molecule has 12 heteroatoms. The molecular formula is C30H22N6O2S4. The molecule has 8 nitrogen and oxygen atoms in total. The number of nitrogens with zero attached hydrogens (tertiary/aromatic N) is 4. The fourth-order valence-corrected chi connectivity index (χ4v) is 7.05. The number of fused-ring (bicyclic) bond motifs is 1. The lowest BCUT2D eigenvalue weighted by Crippen LogP contribution is -2.15. The standard InChI is InChI=1S/C30H22N6O2S4/c37-25(35-29-33-23(15-41-29)19-9-3-1-4-10-19)17-39-27-28(32-22-14-8-7-13-21(22)31-27)40-18-26(38)36-30-34-24(16-42-30)20-11-5-2-6-12-20/h1-16H,17-18H2,(H,33,35,37)(H,34,36,38). The average molecular weight is 627 g/mol. The lowest BCUT2D eigenvalue weighted by atomic mass is 10.2. The molecule has 0 aliphatic rings. The van der Waals surface area contributed by atoms with E-state index in [1.54, 1.807) is 0 Å². The van der Waals surface area contributed by atoms with E-state index in [1.807, 2.05) is 95.7 Å².